The molecule has 0 bridgehead atoms. The first-order chi connectivity index (χ1) is 49.7. The monoisotopic (exact) mass is 1470 g/mol. The zero-order chi connectivity index (χ0) is 74.6. The highest BCUT2D eigenvalue weighted by molar-refractivity contribution is 7.47. The number of carbonyl (C=O) groups is 4. The molecular formula is C83H142O17P2. The third kappa shape index (κ3) is 73.8. The van der Waals surface area contributed by atoms with Crippen LogP contribution < -0.4 is 0 Å². The molecule has 0 saturated heterocycles. The van der Waals surface area contributed by atoms with Gasteiger partial charge in [0, 0.05) is 25.7 Å². The molecule has 0 aromatic heterocycles. The summed E-state index contributed by atoms with van der Waals surface area (Å²) in [6.07, 6.45) is 81.8. The number of unbranched alkanes of at least 4 members (excludes halogenated alkanes) is 28. The second kappa shape index (κ2) is 74.7. The predicted octanol–water partition coefficient (Wildman–Crippen LogP) is 23.1. The first-order valence-corrected chi connectivity index (χ1v) is 42.8. The molecular weight excluding hydrogens is 1330 g/mol. The number of esters is 4. The highest BCUT2D eigenvalue weighted by Gasteiger charge is 2.30. The van der Waals surface area contributed by atoms with Crippen molar-refractivity contribution in [3.8, 4) is 0 Å². The van der Waals surface area contributed by atoms with E-state index in [1.807, 2.05) is 0 Å². The molecule has 0 spiro atoms. The van der Waals surface area contributed by atoms with E-state index in [2.05, 4.69) is 149 Å². The van der Waals surface area contributed by atoms with Crippen LogP contribution >= 0.6 is 15.6 Å². The van der Waals surface area contributed by atoms with Gasteiger partial charge in [0.1, 0.15) is 19.3 Å². The van der Waals surface area contributed by atoms with Crippen LogP contribution in [-0.4, -0.2) is 96.7 Å². The fraction of sp³-hybridized carbons (Fsp3) is 0.711. The number of allylic oxidation sites excluding steroid dienone is 20. The van der Waals surface area contributed by atoms with Crippen LogP contribution in [-0.2, 0) is 65.4 Å². The van der Waals surface area contributed by atoms with Crippen molar-refractivity contribution in [3.05, 3.63) is 122 Å². The smallest absolute Gasteiger partial charge is 0.462 e. The summed E-state index contributed by atoms with van der Waals surface area (Å²) in [4.78, 5) is 72.9. The van der Waals surface area contributed by atoms with Gasteiger partial charge >= 0.3 is 39.5 Å². The molecule has 5 atom stereocenters. The number of carbonyl (C=O) groups excluding carboxylic acids is 4. The topological polar surface area (TPSA) is 237 Å². The lowest BCUT2D eigenvalue weighted by atomic mass is 10.1. The van der Waals surface area contributed by atoms with Crippen LogP contribution in [0.15, 0.2) is 122 Å². The van der Waals surface area contributed by atoms with Crippen LogP contribution in [0, 0.1) is 0 Å². The minimum absolute atomic E-state index is 0.0686. The lowest BCUT2D eigenvalue weighted by Gasteiger charge is -2.21. The number of hydrogen-bond donors (Lipinski definition) is 3. The Hall–Kier alpha value is -4.54. The van der Waals surface area contributed by atoms with E-state index in [-0.39, 0.29) is 25.7 Å². The van der Waals surface area contributed by atoms with Crippen molar-refractivity contribution in [1.82, 2.24) is 0 Å². The molecule has 0 fully saturated rings. The van der Waals surface area contributed by atoms with Gasteiger partial charge in [-0.2, -0.15) is 0 Å². The standard InChI is InChI=1S/C83H142O17P2/c1-5-9-13-17-21-25-29-32-34-36-38-40-42-45-49-52-56-60-64-68-81(86)94-74-79(100-83(88)70-66-62-58-54-50-46-43-41-39-37-35-33-30-26-22-18-14-10-6-2)76-98-102(91,92)96-72-77(84)71-95-101(89,90)97-75-78(99-82(87)69-65-61-57-53-47-28-24-20-16-12-8-4)73-93-80(85)67-63-59-55-51-48-44-31-27-23-19-15-11-7-3/h9-10,13-14,21-22,25-27,31-35,38-41,45,49,77-79,84H,5-8,11-12,15-20,23-24,28-30,36-37,42-44,46-48,50-76H2,1-4H3,(H,89,90)(H,91,92)/b13-9-,14-10-,25-21-,26-22-,31-27-,34-32-,35-33-,40-38-,41-39-,49-45-. The van der Waals surface area contributed by atoms with Crippen molar-refractivity contribution < 1.29 is 80.2 Å². The highest BCUT2D eigenvalue weighted by atomic mass is 31.2. The quantitative estimate of drug-likeness (QED) is 0.0169. The zero-order valence-electron chi connectivity index (χ0n) is 64.0. The molecule has 0 aromatic carbocycles. The van der Waals surface area contributed by atoms with Gasteiger partial charge in [-0.1, -0.05) is 284 Å². The second-order valence-electron chi connectivity index (χ2n) is 26.2. The molecule has 0 heterocycles. The summed E-state index contributed by atoms with van der Waals surface area (Å²) in [5, 5.41) is 10.6. The number of ether oxygens (including phenoxy) is 4. The van der Waals surface area contributed by atoms with Crippen molar-refractivity contribution >= 4 is 39.5 Å². The van der Waals surface area contributed by atoms with E-state index in [1.54, 1.807) is 0 Å². The average Bonchev–Trinajstić information content (AvgIpc) is 0.940. The van der Waals surface area contributed by atoms with E-state index in [0.717, 1.165) is 180 Å². The summed E-state index contributed by atoms with van der Waals surface area (Å²) in [5.74, 6) is -2.23. The van der Waals surface area contributed by atoms with Crippen LogP contribution in [0.4, 0.5) is 0 Å². The maximum Gasteiger partial charge on any atom is 0.472 e. The van der Waals surface area contributed by atoms with Gasteiger partial charge in [0.05, 0.1) is 26.4 Å². The molecule has 0 aromatic rings. The van der Waals surface area contributed by atoms with Crippen molar-refractivity contribution in [2.45, 2.75) is 341 Å². The van der Waals surface area contributed by atoms with Crippen molar-refractivity contribution in [1.29, 1.82) is 0 Å². The Bertz CT molecular complexity index is 2410. The highest BCUT2D eigenvalue weighted by Crippen LogP contribution is 2.45. The van der Waals surface area contributed by atoms with Crippen molar-refractivity contribution in [3.63, 3.8) is 0 Å². The zero-order valence-corrected chi connectivity index (χ0v) is 65.8. The van der Waals surface area contributed by atoms with Gasteiger partial charge < -0.3 is 33.8 Å². The van der Waals surface area contributed by atoms with Crippen LogP contribution in [0.2, 0.25) is 0 Å². The summed E-state index contributed by atoms with van der Waals surface area (Å²) in [5.41, 5.74) is 0. The molecule has 102 heavy (non-hydrogen) atoms. The van der Waals surface area contributed by atoms with Gasteiger partial charge in [0.25, 0.3) is 0 Å². The Labute approximate surface area is 619 Å². The molecule has 0 radical (unpaired) electrons. The van der Waals surface area contributed by atoms with Gasteiger partial charge in [-0.25, -0.2) is 9.13 Å². The number of hydrogen-bond acceptors (Lipinski definition) is 15. The molecule has 0 aliphatic carbocycles. The molecule has 586 valence electrons. The summed E-state index contributed by atoms with van der Waals surface area (Å²) in [6, 6.07) is 0. The van der Waals surface area contributed by atoms with Gasteiger partial charge in [0.2, 0.25) is 0 Å². The largest absolute Gasteiger partial charge is 0.472 e. The first kappa shape index (κ1) is 97.5. The van der Waals surface area contributed by atoms with Gasteiger partial charge in [0.15, 0.2) is 12.2 Å². The van der Waals surface area contributed by atoms with E-state index in [4.69, 9.17) is 37.0 Å². The Balaban J connectivity index is 5.38. The molecule has 17 nitrogen and oxygen atoms in total. The Kier molecular flexibility index (Phi) is 71.4. The van der Waals surface area contributed by atoms with Crippen LogP contribution in [0.1, 0.15) is 323 Å². The second-order valence-corrected chi connectivity index (χ2v) is 29.2. The Morgan fingerprint density at radius 3 is 0.814 bits per heavy atom. The number of aliphatic hydroxyl groups is 1. The van der Waals surface area contributed by atoms with Crippen molar-refractivity contribution in [2.24, 2.45) is 0 Å². The molecule has 3 N–H and O–H groups in total. The van der Waals surface area contributed by atoms with Gasteiger partial charge in [-0.3, -0.25) is 37.3 Å². The van der Waals surface area contributed by atoms with Crippen molar-refractivity contribution in [2.75, 3.05) is 39.6 Å². The molecule has 0 rings (SSSR count). The molecule has 0 saturated carbocycles. The molecule has 5 unspecified atom stereocenters. The molecule has 0 aliphatic heterocycles. The van der Waals surface area contributed by atoms with E-state index in [1.165, 1.54) is 64.2 Å². The third-order valence-corrected chi connectivity index (χ3v) is 18.3. The summed E-state index contributed by atoms with van der Waals surface area (Å²) in [6.45, 7) is 4.58. The Morgan fingerprint density at radius 1 is 0.284 bits per heavy atom. The van der Waals surface area contributed by atoms with Crippen LogP contribution in [0.25, 0.3) is 0 Å². The van der Waals surface area contributed by atoms with E-state index < -0.39 is 97.5 Å². The van der Waals surface area contributed by atoms with E-state index in [9.17, 15) is 43.2 Å². The minimum atomic E-state index is -4.99. The molecule has 0 amide bonds. The minimum Gasteiger partial charge on any atom is -0.462 e. The Morgan fingerprint density at radius 2 is 0.510 bits per heavy atom. The lowest BCUT2D eigenvalue weighted by molar-refractivity contribution is -0.161. The predicted molar refractivity (Wildman–Crippen MR) is 418 cm³/mol. The SMILES string of the molecule is CC/C=C\C/C=C\C/C=C\C/C=C\C/C=C\CCCCCC(=O)OCC(COP(=O)(O)OCC(O)COP(=O)(O)OCC(COC(=O)CCCCCCC/C=C\CCCCCC)OC(=O)CCCCCCCCCCCCC)OC(=O)CCCCCCCC/C=C\C/C=C\C/C=C\C/C=C\CC. The van der Waals surface area contributed by atoms with Crippen LogP contribution in [0.3, 0.4) is 0 Å². The number of phosphoric acid groups is 2. The summed E-state index contributed by atoms with van der Waals surface area (Å²) < 4.78 is 68.5. The summed E-state index contributed by atoms with van der Waals surface area (Å²) >= 11 is 0. The first-order valence-electron chi connectivity index (χ1n) is 39.8. The third-order valence-electron chi connectivity index (χ3n) is 16.4. The summed E-state index contributed by atoms with van der Waals surface area (Å²) in [7, 11) is -9.97. The maximum absolute atomic E-state index is 13.1. The maximum atomic E-state index is 13.1. The molecule has 19 heteroatoms. The average molecular weight is 1470 g/mol. The number of phosphoric ester groups is 2. The number of rotatable bonds is 74. The molecule has 0 aliphatic rings. The number of aliphatic hydroxyl groups excluding tert-OH is 1. The fourth-order valence-corrected chi connectivity index (χ4v) is 12.0. The van der Waals surface area contributed by atoms with E-state index >= 15 is 0 Å². The van der Waals surface area contributed by atoms with E-state index in [0.29, 0.717) is 25.7 Å². The lowest BCUT2D eigenvalue weighted by Crippen LogP contribution is -2.30. The van der Waals surface area contributed by atoms with Gasteiger partial charge in [-0.15, -0.1) is 0 Å². The van der Waals surface area contributed by atoms with Crippen LogP contribution in [0.5, 0.6) is 0 Å². The normalized spacial score (nSPS) is 14.5. The fourth-order valence-electron chi connectivity index (χ4n) is 10.4. The van der Waals surface area contributed by atoms with Gasteiger partial charge in [-0.05, 0) is 135 Å².